The van der Waals surface area contributed by atoms with Gasteiger partial charge in [-0.2, -0.15) is 0 Å². The van der Waals surface area contributed by atoms with Crippen LogP contribution in [0.25, 0.3) is 0 Å². The van der Waals surface area contributed by atoms with E-state index in [2.05, 4.69) is 22.2 Å². The van der Waals surface area contributed by atoms with Gasteiger partial charge in [0.1, 0.15) is 11.1 Å². The first-order chi connectivity index (χ1) is 14.6. The van der Waals surface area contributed by atoms with Gasteiger partial charge < -0.3 is 19.9 Å². The molecule has 0 spiro atoms. The van der Waals surface area contributed by atoms with Crippen LogP contribution in [0.5, 0.6) is 0 Å². The molecule has 2 saturated heterocycles. The number of carbonyl (C=O) groups is 2. The van der Waals surface area contributed by atoms with E-state index in [9.17, 15) is 9.59 Å². The Morgan fingerprint density at radius 1 is 0.968 bits per heavy atom. The quantitative estimate of drug-likeness (QED) is 0.792. The molecule has 0 unspecified atom stereocenters. The number of piperidine rings is 2. The average Bonchev–Trinajstić information content (AvgIpc) is 2.73. The van der Waals surface area contributed by atoms with Crippen LogP contribution in [-0.2, 0) is 15.1 Å². The lowest BCUT2D eigenvalue weighted by atomic mass is 9.78. The van der Waals surface area contributed by atoms with Crippen molar-refractivity contribution in [1.29, 1.82) is 0 Å². The topological polar surface area (TPSA) is 74.8 Å². The van der Waals surface area contributed by atoms with Gasteiger partial charge in [-0.15, -0.1) is 0 Å². The molecule has 1 aromatic heterocycles. The number of likely N-dealkylation sites (tertiary alicyclic amines) is 2. The number of carbonyl (C=O) groups excluding carboxylic acids is 2. The van der Waals surface area contributed by atoms with Crippen molar-refractivity contribution in [2.75, 3.05) is 33.2 Å². The van der Waals surface area contributed by atoms with E-state index in [1.165, 1.54) is 25.9 Å². The Kier molecular flexibility index (Phi) is 7.24. The predicted molar refractivity (Wildman–Crippen MR) is 120 cm³/mol. The summed E-state index contributed by atoms with van der Waals surface area (Å²) < 4.78 is 5.46. The molecular formula is C24H38N4O3. The molecule has 7 heteroatoms. The maximum atomic E-state index is 13.7. The molecule has 0 aliphatic carbocycles. The number of aromatic nitrogens is 1. The molecular weight excluding hydrogens is 392 g/mol. The van der Waals surface area contributed by atoms with Crippen molar-refractivity contribution in [3.05, 3.63) is 30.1 Å². The molecule has 2 aliphatic heterocycles. The molecule has 31 heavy (non-hydrogen) atoms. The largest absolute Gasteiger partial charge is 0.444 e. The van der Waals surface area contributed by atoms with E-state index in [1.54, 1.807) is 31.5 Å². The monoisotopic (exact) mass is 430 g/mol. The second kappa shape index (κ2) is 9.55. The molecule has 1 N–H and O–H groups in total. The van der Waals surface area contributed by atoms with Gasteiger partial charge in [-0.3, -0.25) is 9.78 Å². The third-order valence-corrected chi connectivity index (χ3v) is 6.69. The van der Waals surface area contributed by atoms with Crippen LogP contribution in [0.15, 0.2) is 24.5 Å². The van der Waals surface area contributed by atoms with E-state index in [-0.39, 0.29) is 5.91 Å². The number of nitrogens with zero attached hydrogens (tertiary/aromatic N) is 3. The summed E-state index contributed by atoms with van der Waals surface area (Å²) in [5.41, 5.74) is -1.14. The highest BCUT2D eigenvalue weighted by atomic mass is 16.6. The van der Waals surface area contributed by atoms with Crippen LogP contribution in [0.4, 0.5) is 4.79 Å². The molecule has 0 aromatic carbocycles. The number of pyridine rings is 1. The first kappa shape index (κ1) is 23.5. The molecule has 1 atom stereocenters. The summed E-state index contributed by atoms with van der Waals surface area (Å²) in [6, 6.07) is 3.56. The first-order valence-electron chi connectivity index (χ1n) is 11.5. The molecule has 0 bridgehead atoms. The molecule has 0 saturated carbocycles. The third-order valence-electron chi connectivity index (χ3n) is 6.69. The van der Waals surface area contributed by atoms with Crippen LogP contribution >= 0.6 is 0 Å². The molecule has 172 valence electrons. The van der Waals surface area contributed by atoms with Crippen LogP contribution in [0, 0.1) is 11.8 Å². The third kappa shape index (κ3) is 5.97. The minimum Gasteiger partial charge on any atom is -0.444 e. The molecule has 0 radical (unpaired) electrons. The second-order valence-corrected chi connectivity index (χ2v) is 10.3. The number of ether oxygens (including phenoxy) is 1. The lowest BCUT2D eigenvalue weighted by Gasteiger charge is -2.42. The number of alkyl carbamates (subject to hydrolysis) is 1. The molecule has 2 fully saturated rings. The fraction of sp³-hybridized carbons (Fsp3) is 0.708. The van der Waals surface area contributed by atoms with Gasteiger partial charge in [0.05, 0.1) is 0 Å². The van der Waals surface area contributed by atoms with Crippen LogP contribution in [0.2, 0.25) is 0 Å². The van der Waals surface area contributed by atoms with Crippen LogP contribution < -0.4 is 5.32 Å². The highest BCUT2D eigenvalue weighted by Crippen LogP contribution is 2.34. The molecule has 2 aliphatic rings. The van der Waals surface area contributed by atoms with Crippen molar-refractivity contribution in [3.8, 4) is 0 Å². The van der Waals surface area contributed by atoms with Crippen molar-refractivity contribution in [1.82, 2.24) is 20.1 Å². The Hall–Kier alpha value is -2.15. The van der Waals surface area contributed by atoms with Crippen LogP contribution in [0.3, 0.4) is 0 Å². The molecule has 1 aromatic rings. The molecule has 3 heterocycles. The van der Waals surface area contributed by atoms with Gasteiger partial charge in [0.15, 0.2) is 0 Å². The Morgan fingerprint density at radius 3 is 2.00 bits per heavy atom. The van der Waals surface area contributed by atoms with Crippen molar-refractivity contribution < 1.29 is 14.3 Å². The summed E-state index contributed by atoms with van der Waals surface area (Å²) >= 11 is 0. The Morgan fingerprint density at radius 2 is 1.48 bits per heavy atom. The first-order valence-corrected chi connectivity index (χ1v) is 11.5. The lowest BCUT2D eigenvalue weighted by molar-refractivity contribution is -0.140. The number of rotatable bonds is 4. The zero-order valence-electron chi connectivity index (χ0n) is 19.7. The average molecular weight is 431 g/mol. The zero-order chi connectivity index (χ0) is 22.6. The summed E-state index contributed by atoms with van der Waals surface area (Å²) in [5, 5.41) is 2.86. The van der Waals surface area contributed by atoms with Gasteiger partial charge in [0.2, 0.25) is 0 Å². The van der Waals surface area contributed by atoms with Crippen LogP contribution in [0.1, 0.15) is 58.9 Å². The summed E-state index contributed by atoms with van der Waals surface area (Å²) in [6.45, 7) is 11.0. The Bertz CT molecular complexity index is 748. The van der Waals surface area contributed by atoms with E-state index in [4.69, 9.17) is 4.74 Å². The van der Waals surface area contributed by atoms with Gasteiger partial charge in [-0.1, -0.05) is 0 Å². The highest BCUT2D eigenvalue weighted by molar-refractivity contribution is 5.91. The lowest BCUT2D eigenvalue weighted by Crippen LogP contribution is -2.57. The van der Waals surface area contributed by atoms with Gasteiger partial charge in [-0.05, 0) is 103 Å². The minimum atomic E-state index is -1.20. The Balaban J connectivity index is 1.70. The van der Waals surface area contributed by atoms with Crippen molar-refractivity contribution >= 4 is 12.0 Å². The van der Waals surface area contributed by atoms with Crippen molar-refractivity contribution in [3.63, 3.8) is 0 Å². The number of hydrogen-bond donors (Lipinski definition) is 1. The summed E-state index contributed by atoms with van der Waals surface area (Å²) in [4.78, 5) is 34.6. The summed E-state index contributed by atoms with van der Waals surface area (Å²) in [5.74, 6) is 1.36. The molecule has 7 nitrogen and oxygen atoms in total. The SMILES string of the molecule is CN1CCC(C2CCN(C(=O)[C@@](C)(NC(=O)OC(C)(C)C)c3ccncc3)CC2)CC1. The minimum absolute atomic E-state index is 0.0913. The normalized spacial score (nSPS) is 21.4. The van der Waals surface area contributed by atoms with Gasteiger partial charge >= 0.3 is 6.09 Å². The Labute approximate surface area is 186 Å². The zero-order valence-corrected chi connectivity index (χ0v) is 19.7. The number of hydrogen-bond acceptors (Lipinski definition) is 5. The predicted octanol–water partition coefficient (Wildman–Crippen LogP) is 3.40. The standard InChI is InChI=1S/C24H38N4O3/c1-23(2,3)31-22(30)26-24(4,20-6-12-25-13-7-20)21(29)28-16-10-19(11-17-28)18-8-14-27(5)15-9-18/h6-7,12-13,18-19H,8-11,14-17H2,1-5H3,(H,26,30)/t24-/m0/s1. The van der Waals surface area contributed by atoms with Crippen molar-refractivity contribution in [2.45, 2.75) is 64.5 Å². The van der Waals surface area contributed by atoms with E-state index >= 15 is 0 Å². The summed E-state index contributed by atoms with van der Waals surface area (Å²) in [6.07, 6.45) is 7.25. The maximum Gasteiger partial charge on any atom is 0.408 e. The van der Waals surface area contributed by atoms with E-state index < -0.39 is 17.2 Å². The van der Waals surface area contributed by atoms with E-state index in [1.807, 2.05) is 25.7 Å². The van der Waals surface area contributed by atoms with Gasteiger partial charge in [0, 0.05) is 25.5 Å². The summed E-state index contributed by atoms with van der Waals surface area (Å²) in [7, 11) is 2.19. The highest BCUT2D eigenvalue weighted by Gasteiger charge is 2.42. The molecule has 2 amide bonds. The second-order valence-electron chi connectivity index (χ2n) is 10.3. The van der Waals surface area contributed by atoms with Crippen molar-refractivity contribution in [2.24, 2.45) is 11.8 Å². The molecule has 3 rings (SSSR count). The van der Waals surface area contributed by atoms with Gasteiger partial charge in [-0.25, -0.2) is 4.79 Å². The van der Waals surface area contributed by atoms with E-state index in [0.29, 0.717) is 11.5 Å². The van der Waals surface area contributed by atoms with Gasteiger partial charge in [0.25, 0.3) is 5.91 Å². The van der Waals surface area contributed by atoms with Crippen LogP contribution in [-0.4, -0.2) is 65.6 Å². The van der Waals surface area contributed by atoms with E-state index in [0.717, 1.165) is 31.8 Å². The fourth-order valence-electron chi connectivity index (χ4n) is 4.83. The number of amides is 2. The smallest absolute Gasteiger partial charge is 0.408 e. The maximum absolute atomic E-state index is 13.7. The number of nitrogens with one attached hydrogen (secondary N) is 1. The fourth-order valence-corrected chi connectivity index (χ4v) is 4.83.